The summed E-state index contributed by atoms with van der Waals surface area (Å²) < 4.78 is 2.58. The van der Waals surface area contributed by atoms with E-state index in [1.54, 1.807) is 0 Å². The zero-order valence-electron chi connectivity index (χ0n) is 52.0. The average molecular weight is 1110 g/mol. The summed E-state index contributed by atoms with van der Waals surface area (Å²) in [5.74, 6) is 0. The predicted molar refractivity (Wildman–Crippen MR) is 371 cm³/mol. The molecule has 14 rings (SSSR count). The Morgan fingerprint density at radius 1 is 0.279 bits per heavy atom. The van der Waals surface area contributed by atoms with Crippen molar-refractivity contribution in [2.24, 2.45) is 0 Å². The molecule has 0 radical (unpaired) electrons. The first-order valence-corrected chi connectivity index (χ1v) is 30.9. The molecule has 11 aromatic carbocycles. The van der Waals surface area contributed by atoms with Gasteiger partial charge in [-0.05, 0) is 178 Å². The number of aromatic nitrogens is 1. The Morgan fingerprint density at radius 3 is 1.00 bits per heavy atom. The van der Waals surface area contributed by atoms with E-state index >= 15 is 0 Å². The Balaban J connectivity index is 1.18. The summed E-state index contributed by atoms with van der Waals surface area (Å²) in [6.07, 6.45) is 0. The highest BCUT2D eigenvalue weighted by Gasteiger charge is 2.46. The van der Waals surface area contributed by atoms with Crippen molar-refractivity contribution in [1.82, 2.24) is 4.57 Å². The summed E-state index contributed by atoms with van der Waals surface area (Å²) in [6.45, 7) is 28.2. The highest BCUT2D eigenvalue weighted by molar-refractivity contribution is 7.00. The van der Waals surface area contributed by atoms with Crippen LogP contribution in [0.5, 0.6) is 0 Å². The molecule has 0 amide bonds. The van der Waals surface area contributed by atoms with E-state index in [9.17, 15) is 0 Å². The number of hydrogen-bond donors (Lipinski definition) is 0. The van der Waals surface area contributed by atoms with Crippen LogP contribution in [0.15, 0.2) is 243 Å². The fraction of sp³-hybridized carbons (Fsp3) is 0.195. The minimum atomic E-state index is -0.198. The number of benzene rings is 11. The van der Waals surface area contributed by atoms with Gasteiger partial charge >= 0.3 is 0 Å². The second-order valence-electron chi connectivity index (χ2n) is 28.3. The maximum Gasteiger partial charge on any atom is 0.252 e. The van der Waals surface area contributed by atoms with Gasteiger partial charge in [-0.25, -0.2) is 0 Å². The van der Waals surface area contributed by atoms with E-state index in [2.05, 4.69) is 340 Å². The molecule has 2 aliphatic heterocycles. The molecule has 0 bridgehead atoms. The highest BCUT2D eigenvalue weighted by atomic mass is 15.2. The Hall–Kier alpha value is -9.12. The van der Waals surface area contributed by atoms with Crippen LogP contribution >= 0.6 is 0 Å². The Morgan fingerprint density at radius 2 is 0.640 bits per heavy atom. The van der Waals surface area contributed by atoms with Crippen LogP contribution in [-0.2, 0) is 21.7 Å². The molecular weight excluding hydrogens is 1040 g/mol. The van der Waals surface area contributed by atoms with Crippen LogP contribution in [-0.4, -0.2) is 11.3 Å². The number of hydrogen-bond acceptors (Lipinski definition) is 2. The summed E-state index contributed by atoms with van der Waals surface area (Å²) in [4.78, 5) is 5.27. The molecule has 0 spiro atoms. The predicted octanol–water partition coefficient (Wildman–Crippen LogP) is 20.7. The van der Waals surface area contributed by atoms with Crippen LogP contribution in [0.4, 0.5) is 34.1 Å². The first kappa shape index (κ1) is 54.8. The van der Waals surface area contributed by atoms with Crippen molar-refractivity contribution in [2.75, 3.05) is 9.80 Å². The molecule has 86 heavy (non-hydrogen) atoms. The molecule has 4 heteroatoms. The summed E-state index contributed by atoms with van der Waals surface area (Å²) in [5, 5.41) is 2.53. The van der Waals surface area contributed by atoms with E-state index in [1.807, 2.05) is 0 Å². The molecule has 1 aromatic heterocycles. The quantitative estimate of drug-likeness (QED) is 0.147. The van der Waals surface area contributed by atoms with Crippen molar-refractivity contribution >= 4 is 79.0 Å². The summed E-state index contributed by atoms with van der Waals surface area (Å²) in [5.41, 5.74) is 28.7. The van der Waals surface area contributed by atoms with Crippen LogP contribution in [0.3, 0.4) is 0 Å². The van der Waals surface area contributed by atoms with E-state index in [0.29, 0.717) is 0 Å². The van der Waals surface area contributed by atoms with Crippen LogP contribution in [0.2, 0.25) is 0 Å². The summed E-state index contributed by atoms with van der Waals surface area (Å²) >= 11 is 0. The van der Waals surface area contributed by atoms with Gasteiger partial charge in [0.05, 0.1) is 16.7 Å². The third-order valence-electron chi connectivity index (χ3n) is 18.3. The molecule has 0 saturated heterocycles. The third kappa shape index (κ3) is 9.37. The lowest BCUT2D eigenvalue weighted by Gasteiger charge is -2.46. The van der Waals surface area contributed by atoms with Crippen molar-refractivity contribution in [2.45, 2.75) is 105 Å². The van der Waals surface area contributed by atoms with E-state index in [0.717, 1.165) is 28.4 Å². The van der Waals surface area contributed by atoms with Crippen molar-refractivity contribution in [3.8, 4) is 50.2 Å². The standard InChI is InChI=1S/C82H76BN3/c1-79(2,3)59-39-41-72-66(45-59)67-46-60(80(4,5)6)40-42-73(67)86(72)63-47-76-78-77(48-63)85(62-38-26-36-58(44-62)54-29-19-14-20-30-54)75-50-65(56-33-23-16-24-34-56)69(82(10,11)12)52-71(75)83(78)70-51-68(81(7,8)9)64(55-31-21-15-22-32-55)49-74(70)84(76)61-37-25-35-57(43-61)53-27-17-13-18-28-53/h13-52H,1-12H3. The van der Waals surface area contributed by atoms with Gasteiger partial charge in [0.2, 0.25) is 0 Å². The normalized spacial score (nSPS) is 13.3. The number of rotatable bonds is 7. The molecule has 0 aliphatic carbocycles. The maximum absolute atomic E-state index is 2.63. The van der Waals surface area contributed by atoms with Crippen LogP contribution in [0.25, 0.3) is 72.0 Å². The molecule has 0 fully saturated rings. The zero-order chi connectivity index (χ0) is 59.6. The molecule has 12 aromatic rings. The molecule has 3 heterocycles. The smallest absolute Gasteiger partial charge is 0.252 e. The Bertz CT molecular complexity index is 4310. The van der Waals surface area contributed by atoms with Gasteiger partial charge in [-0.2, -0.15) is 0 Å². The van der Waals surface area contributed by atoms with Gasteiger partial charge in [0.1, 0.15) is 0 Å². The first-order chi connectivity index (χ1) is 41.2. The molecule has 422 valence electrons. The highest BCUT2D eigenvalue weighted by Crippen LogP contribution is 2.51. The zero-order valence-corrected chi connectivity index (χ0v) is 52.0. The molecule has 0 N–H and O–H groups in total. The Labute approximate surface area is 510 Å². The van der Waals surface area contributed by atoms with E-state index < -0.39 is 0 Å². The van der Waals surface area contributed by atoms with Gasteiger partial charge in [0.15, 0.2) is 0 Å². The minimum Gasteiger partial charge on any atom is -0.311 e. The van der Waals surface area contributed by atoms with Crippen LogP contribution < -0.4 is 26.2 Å². The van der Waals surface area contributed by atoms with Crippen molar-refractivity contribution in [3.05, 3.63) is 265 Å². The lowest BCUT2D eigenvalue weighted by atomic mass is 9.33. The van der Waals surface area contributed by atoms with E-state index in [-0.39, 0.29) is 28.4 Å². The largest absolute Gasteiger partial charge is 0.311 e. The van der Waals surface area contributed by atoms with Gasteiger partial charge in [0, 0.05) is 44.9 Å². The molecule has 0 saturated carbocycles. The van der Waals surface area contributed by atoms with Crippen molar-refractivity contribution in [1.29, 1.82) is 0 Å². The van der Waals surface area contributed by atoms with E-state index in [1.165, 1.54) is 116 Å². The first-order valence-electron chi connectivity index (χ1n) is 30.9. The number of nitrogens with zero attached hydrogens (tertiary/aromatic N) is 3. The van der Waals surface area contributed by atoms with Crippen molar-refractivity contribution < 1.29 is 0 Å². The van der Waals surface area contributed by atoms with Crippen LogP contribution in [0.1, 0.15) is 105 Å². The minimum absolute atomic E-state index is 0.0451. The average Bonchev–Trinajstić information content (AvgIpc) is 0.779. The van der Waals surface area contributed by atoms with Gasteiger partial charge in [-0.3, -0.25) is 0 Å². The molecular formula is C82H76BN3. The fourth-order valence-corrected chi connectivity index (χ4v) is 13.9. The topological polar surface area (TPSA) is 11.4 Å². The molecule has 3 nitrogen and oxygen atoms in total. The second kappa shape index (κ2) is 20.3. The number of anilines is 6. The Kier molecular flexibility index (Phi) is 12.9. The lowest BCUT2D eigenvalue weighted by Crippen LogP contribution is -2.62. The van der Waals surface area contributed by atoms with Gasteiger partial charge in [-0.15, -0.1) is 0 Å². The summed E-state index contributed by atoms with van der Waals surface area (Å²) in [6, 6.07) is 92.4. The van der Waals surface area contributed by atoms with Gasteiger partial charge in [0.25, 0.3) is 6.71 Å². The van der Waals surface area contributed by atoms with Gasteiger partial charge in [-0.1, -0.05) is 253 Å². The SMILES string of the molecule is CC(C)(C)c1ccc2c(c1)c1cc(C(C)(C)C)ccc1n2-c1cc2c3c(c1)N(c1cccc(-c4ccccc4)c1)c1cc(-c4ccccc4)c(C(C)(C)C)cc1B3c1cc(C(C)(C)C)c(-c3ccccc3)cc1N2c1cccc(-c2ccccc2)c1. The van der Waals surface area contributed by atoms with E-state index in [4.69, 9.17) is 0 Å². The second-order valence-corrected chi connectivity index (χ2v) is 28.3. The maximum atomic E-state index is 2.63. The van der Waals surface area contributed by atoms with Crippen molar-refractivity contribution in [3.63, 3.8) is 0 Å². The third-order valence-corrected chi connectivity index (χ3v) is 18.3. The fourth-order valence-electron chi connectivity index (χ4n) is 13.9. The number of fused-ring (bicyclic) bond motifs is 7. The summed E-state index contributed by atoms with van der Waals surface area (Å²) in [7, 11) is 0. The molecule has 0 atom stereocenters. The monoisotopic (exact) mass is 1110 g/mol. The molecule has 0 unspecified atom stereocenters. The molecule has 2 aliphatic rings. The van der Waals surface area contributed by atoms with Gasteiger partial charge < -0.3 is 14.4 Å². The van der Waals surface area contributed by atoms with Crippen LogP contribution in [0, 0.1) is 0 Å². The lowest BCUT2D eigenvalue weighted by molar-refractivity contribution is 0.590.